The van der Waals surface area contributed by atoms with Crippen LogP contribution in [0.15, 0.2) is 91.0 Å². The van der Waals surface area contributed by atoms with Crippen LogP contribution in [0.5, 0.6) is 0 Å². The van der Waals surface area contributed by atoms with E-state index in [9.17, 15) is 0 Å². The van der Waals surface area contributed by atoms with E-state index in [-0.39, 0.29) is 0 Å². The lowest BCUT2D eigenvalue weighted by Gasteiger charge is -2.37. The lowest BCUT2D eigenvalue weighted by atomic mass is 9.91. The maximum atomic E-state index is 2.44. The van der Waals surface area contributed by atoms with Crippen molar-refractivity contribution in [3.8, 4) is 0 Å². The summed E-state index contributed by atoms with van der Waals surface area (Å²) >= 11 is 0. The largest absolute Gasteiger partial charge is 0.121 e. The highest BCUT2D eigenvalue weighted by molar-refractivity contribution is 7.03. The molecular weight excluding hydrogens is 364 g/mol. The maximum absolute atomic E-state index is 2.44. The van der Waals surface area contributed by atoms with Gasteiger partial charge < -0.3 is 0 Å². The van der Waals surface area contributed by atoms with Gasteiger partial charge in [0.2, 0.25) is 0 Å². The summed E-state index contributed by atoms with van der Waals surface area (Å²) in [5.41, 5.74) is 2.35. The third kappa shape index (κ3) is 4.26. The zero-order valence-corrected chi connectivity index (χ0v) is 18.8. The molecule has 1 aliphatic heterocycles. The maximum Gasteiger partial charge on any atom is 0.121 e. The van der Waals surface area contributed by atoms with Crippen molar-refractivity contribution in [3.05, 3.63) is 96.6 Å². The van der Waals surface area contributed by atoms with Crippen molar-refractivity contribution < 1.29 is 0 Å². The van der Waals surface area contributed by atoms with Gasteiger partial charge in [0, 0.05) is 0 Å². The summed E-state index contributed by atoms with van der Waals surface area (Å²) < 4.78 is 0. The molecule has 0 saturated carbocycles. The highest BCUT2D eigenvalue weighted by Crippen LogP contribution is 2.48. The minimum absolute atomic E-state index is 0.807. The Bertz CT molecular complexity index is 817. The molecule has 3 aromatic carbocycles. The molecule has 4 rings (SSSR count). The first-order valence-electron chi connectivity index (χ1n) is 11.5. The molecule has 0 aromatic heterocycles. The predicted octanol–water partition coefficient (Wildman–Crippen LogP) is 6.46. The van der Waals surface area contributed by atoms with Crippen LogP contribution in [0.2, 0.25) is 11.6 Å². The zero-order valence-electron chi connectivity index (χ0n) is 17.8. The third-order valence-electron chi connectivity index (χ3n) is 7.15. The van der Waals surface area contributed by atoms with Crippen LogP contribution in [-0.4, -0.2) is 8.07 Å². The van der Waals surface area contributed by atoms with Gasteiger partial charge >= 0.3 is 0 Å². The van der Waals surface area contributed by atoms with Crippen LogP contribution in [-0.2, 0) is 6.42 Å². The lowest BCUT2D eigenvalue weighted by Crippen LogP contribution is -2.59. The Hall–Kier alpha value is -2.12. The van der Waals surface area contributed by atoms with Gasteiger partial charge in [-0.2, -0.15) is 0 Å². The smallest absolute Gasteiger partial charge is 0.0654 e. The second kappa shape index (κ2) is 9.58. The van der Waals surface area contributed by atoms with Crippen LogP contribution in [0.25, 0.3) is 0 Å². The molecule has 1 heterocycles. The van der Waals surface area contributed by atoms with Crippen LogP contribution in [0, 0.1) is 5.92 Å². The molecule has 1 heteroatoms. The van der Waals surface area contributed by atoms with Crippen LogP contribution in [0.3, 0.4) is 0 Å². The Labute approximate surface area is 178 Å². The van der Waals surface area contributed by atoms with Crippen molar-refractivity contribution in [1.82, 2.24) is 0 Å². The minimum atomic E-state index is -1.78. The second-order valence-corrected chi connectivity index (χ2v) is 13.1. The van der Waals surface area contributed by atoms with E-state index in [4.69, 9.17) is 0 Å². The normalized spacial score (nSPS) is 20.6. The molecule has 2 atom stereocenters. The van der Waals surface area contributed by atoms with Gasteiger partial charge in [-0.05, 0) is 29.5 Å². The third-order valence-corrected chi connectivity index (χ3v) is 13.0. The summed E-state index contributed by atoms with van der Waals surface area (Å²) in [7, 11) is -1.78. The molecule has 29 heavy (non-hydrogen) atoms. The van der Waals surface area contributed by atoms with E-state index in [0.717, 1.165) is 11.5 Å². The molecular formula is C28H34Si. The van der Waals surface area contributed by atoms with Crippen molar-refractivity contribution in [2.45, 2.75) is 57.0 Å². The summed E-state index contributed by atoms with van der Waals surface area (Å²) in [6.45, 7) is 2.33. The minimum Gasteiger partial charge on any atom is -0.0654 e. The number of unbranched alkanes of at least 4 members (excludes halogenated alkanes) is 2. The van der Waals surface area contributed by atoms with E-state index in [1.807, 2.05) is 0 Å². The van der Waals surface area contributed by atoms with Crippen LogP contribution < -0.4 is 10.4 Å². The molecule has 0 nitrogen and oxygen atoms in total. The van der Waals surface area contributed by atoms with E-state index in [2.05, 4.69) is 97.9 Å². The number of hydrogen-bond donors (Lipinski definition) is 0. The standard InChI is InChI=1S/C28H34Si/c1-2-3-7-20-28-25(23-24-14-8-4-9-15-24)21-22-29(28,26-16-10-5-11-17-26)27-18-12-6-13-19-27/h4-6,8-19,25,28H,2-3,7,20-23H2,1H3/t25-,28-/m1/s1. The average Bonchev–Trinajstić information content (AvgIpc) is 3.15. The van der Waals surface area contributed by atoms with Gasteiger partial charge in [0.25, 0.3) is 0 Å². The zero-order chi connectivity index (χ0) is 19.9. The molecule has 1 fully saturated rings. The molecule has 0 aliphatic carbocycles. The Morgan fingerprint density at radius 1 is 0.724 bits per heavy atom. The first-order valence-corrected chi connectivity index (χ1v) is 13.8. The van der Waals surface area contributed by atoms with Crippen molar-refractivity contribution >= 4 is 18.4 Å². The van der Waals surface area contributed by atoms with Gasteiger partial charge in [-0.3, -0.25) is 0 Å². The van der Waals surface area contributed by atoms with Gasteiger partial charge in [-0.1, -0.05) is 140 Å². The fourth-order valence-electron chi connectivity index (χ4n) is 5.81. The number of rotatable bonds is 8. The first-order chi connectivity index (χ1) is 14.3. The van der Waals surface area contributed by atoms with E-state index in [1.54, 1.807) is 10.4 Å². The summed E-state index contributed by atoms with van der Waals surface area (Å²) in [5, 5.41) is 3.31. The van der Waals surface area contributed by atoms with Crippen molar-refractivity contribution in [1.29, 1.82) is 0 Å². The molecule has 0 N–H and O–H groups in total. The Kier molecular flexibility index (Phi) is 6.66. The predicted molar refractivity (Wildman–Crippen MR) is 129 cm³/mol. The monoisotopic (exact) mass is 398 g/mol. The molecule has 0 unspecified atom stereocenters. The Morgan fingerprint density at radius 2 is 1.28 bits per heavy atom. The van der Waals surface area contributed by atoms with Crippen LogP contribution in [0.4, 0.5) is 0 Å². The van der Waals surface area contributed by atoms with E-state index in [0.29, 0.717) is 0 Å². The Balaban J connectivity index is 1.75. The van der Waals surface area contributed by atoms with Gasteiger partial charge in [-0.25, -0.2) is 0 Å². The van der Waals surface area contributed by atoms with Crippen molar-refractivity contribution in [2.75, 3.05) is 0 Å². The van der Waals surface area contributed by atoms with E-state index >= 15 is 0 Å². The molecule has 1 saturated heterocycles. The summed E-state index contributed by atoms with van der Waals surface area (Å²) in [6, 6.07) is 35.8. The SMILES string of the molecule is CCCCC[C@@H]1[C@@H](Cc2ccccc2)CC[Si]1(c1ccccc1)c1ccccc1. The molecule has 0 bridgehead atoms. The molecule has 0 radical (unpaired) electrons. The van der Waals surface area contributed by atoms with E-state index in [1.165, 1.54) is 50.1 Å². The first kappa shape index (κ1) is 20.2. The summed E-state index contributed by atoms with van der Waals surface area (Å²) in [5.74, 6) is 0.807. The second-order valence-electron chi connectivity index (χ2n) is 8.79. The quantitative estimate of drug-likeness (QED) is 0.301. The van der Waals surface area contributed by atoms with Gasteiger partial charge in [0.15, 0.2) is 0 Å². The van der Waals surface area contributed by atoms with Gasteiger partial charge in [-0.15, -0.1) is 0 Å². The Morgan fingerprint density at radius 3 is 1.83 bits per heavy atom. The highest BCUT2D eigenvalue weighted by atomic mass is 28.3. The van der Waals surface area contributed by atoms with Gasteiger partial charge in [0.05, 0.1) is 0 Å². The average molecular weight is 399 g/mol. The highest BCUT2D eigenvalue weighted by Gasteiger charge is 2.51. The molecule has 0 spiro atoms. The van der Waals surface area contributed by atoms with Crippen molar-refractivity contribution in [2.24, 2.45) is 5.92 Å². The number of benzene rings is 3. The summed E-state index contributed by atoms with van der Waals surface area (Å²) in [6.07, 6.45) is 8.06. The van der Waals surface area contributed by atoms with Gasteiger partial charge in [0.1, 0.15) is 8.07 Å². The molecule has 150 valence electrons. The molecule has 0 amide bonds. The van der Waals surface area contributed by atoms with Crippen LogP contribution in [0.1, 0.15) is 44.6 Å². The van der Waals surface area contributed by atoms with E-state index < -0.39 is 8.07 Å². The lowest BCUT2D eigenvalue weighted by molar-refractivity contribution is 0.461. The molecule has 1 aliphatic rings. The van der Waals surface area contributed by atoms with Crippen LogP contribution >= 0.6 is 0 Å². The molecule has 3 aromatic rings. The topological polar surface area (TPSA) is 0 Å². The van der Waals surface area contributed by atoms with Crippen molar-refractivity contribution in [3.63, 3.8) is 0 Å². The number of hydrogen-bond acceptors (Lipinski definition) is 0. The fraction of sp³-hybridized carbons (Fsp3) is 0.357. The fourth-order valence-corrected chi connectivity index (χ4v) is 12.1. The summed E-state index contributed by atoms with van der Waals surface area (Å²) in [4.78, 5) is 0.